The monoisotopic (exact) mass is 530 g/mol. The molecule has 1 N–H and O–H groups in total. The molecule has 204 valence electrons. The molecule has 0 atom stereocenters. The predicted molar refractivity (Wildman–Crippen MR) is 165 cm³/mol. The van der Waals surface area contributed by atoms with Gasteiger partial charge in [-0.3, -0.25) is 9.98 Å². The first-order chi connectivity index (χ1) is 19.4. The molecule has 6 rings (SSSR count). The smallest absolute Gasteiger partial charge is 0.0900 e. The zero-order chi connectivity index (χ0) is 27.6. The van der Waals surface area contributed by atoms with Gasteiger partial charge in [0.25, 0.3) is 0 Å². The van der Waals surface area contributed by atoms with E-state index in [1.807, 2.05) is 25.3 Å². The van der Waals surface area contributed by atoms with E-state index in [1.54, 1.807) is 0 Å². The van der Waals surface area contributed by atoms with Crippen LogP contribution in [-0.4, -0.2) is 45.1 Å². The lowest BCUT2D eigenvalue weighted by Crippen LogP contribution is -2.38. The molecule has 1 aromatic heterocycles. The number of hydrogen-bond donors (Lipinski definition) is 1. The Balaban J connectivity index is 1.53. The van der Waals surface area contributed by atoms with Gasteiger partial charge >= 0.3 is 0 Å². The second kappa shape index (κ2) is 11.2. The molecule has 0 bridgehead atoms. The number of piperidine rings is 1. The van der Waals surface area contributed by atoms with E-state index in [-0.39, 0.29) is 6.04 Å². The number of para-hydroxylation sites is 2. The molecule has 2 aromatic carbocycles. The first-order valence-corrected chi connectivity index (χ1v) is 14.4. The molecule has 3 aliphatic rings. The summed E-state index contributed by atoms with van der Waals surface area (Å²) in [6.45, 7) is 12.1. The van der Waals surface area contributed by atoms with E-state index in [0.29, 0.717) is 5.92 Å². The molecule has 1 fully saturated rings. The fourth-order valence-corrected chi connectivity index (χ4v) is 5.73. The van der Waals surface area contributed by atoms with Crippen LogP contribution in [0.4, 0.5) is 11.4 Å². The number of aromatic nitrogens is 3. The highest BCUT2D eigenvalue weighted by molar-refractivity contribution is 5.84. The van der Waals surface area contributed by atoms with Crippen molar-refractivity contribution in [1.29, 1.82) is 0 Å². The van der Waals surface area contributed by atoms with Crippen molar-refractivity contribution in [2.75, 3.05) is 25.0 Å². The lowest BCUT2D eigenvalue weighted by molar-refractivity contribution is 0.192. The number of hydrogen-bond acceptors (Lipinski definition) is 5. The number of aryl methyl sites for hydroxylation is 2. The Morgan fingerprint density at radius 3 is 2.45 bits per heavy atom. The number of nitrogens with one attached hydrogen (secondary N) is 1. The summed E-state index contributed by atoms with van der Waals surface area (Å²) in [6, 6.07) is 25.8. The van der Waals surface area contributed by atoms with Crippen molar-refractivity contribution in [2.45, 2.75) is 46.6 Å². The number of rotatable bonds is 6. The largest absolute Gasteiger partial charge is 0.352 e. The second-order valence-electron chi connectivity index (χ2n) is 11.4. The minimum atomic E-state index is 0.289. The highest BCUT2D eigenvalue weighted by Gasteiger charge is 2.21. The highest BCUT2D eigenvalue weighted by atomic mass is 15.1. The van der Waals surface area contributed by atoms with Gasteiger partial charge in [0.1, 0.15) is 0 Å². The van der Waals surface area contributed by atoms with Gasteiger partial charge < -0.3 is 14.8 Å². The minimum Gasteiger partial charge on any atom is -0.352 e. The lowest BCUT2D eigenvalue weighted by atomic mass is 10.0. The van der Waals surface area contributed by atoms with Gasteiger partial charge in [0.05, 0.1) is 50.9 Å². The standard InChI is InChI=1S/C34H38N6/c1-23(2)22-39-18-15-26(16-19-39)36-31-21-34-32(20-30(31)37-28-9-7-17-35-25(28)4)38-29-8-5-6-10-33(29)40(34)27-13-11-24(3)12-14-27/h5-14,17,20-21,23,26,37H,15-16,18-19,22H2,1-4H3. The molecule has 0 saturated carbocycles. The van der Waals surface area contributed by atoms with Crippen LogP contribution < -0.4 is 10.7 Å². The van der Waals surface area contributed by atoms with Crippen molar-refractivity contribution < 1.29 is 0 Å². The quantitative estimate of drug-likeness (QED) is 0.243. The molecule has 6 nitrogen and oxygen atoms in total. The fraction of sp³-hybridized carbons (Fsp3) is 0.324. The van der Waals surface area contributed by atoms with Gasteiger partial charge in [-0.05, 0) is 81.1 Å². The van der Waals surface area contributed by atoms with E-state index in [1.165, 1.54) is 5.56 Å². The Bertz CT molecular complexity index is 1660. The number of anilines is 2. The van der Waals surface area contributed by atoms with E-state index in [4.69, 9.17) is 9.98 Å². The molecular formula is C34H38N6. The summed E-state index contributed by atoms with van der Waals surface area (Å²) in [5.41, 5.74) is 9.27. The van der Waals surface area contributed by atoms with Crippen LogP contribution in [0.15, 0.2) is 84.0 Å². The summed E-state index contributed by atoms with van der Waals surface area (Å²) in [7, 11) is 0. The predicted octanol–water partition coefficient (Wildman–Crippen LogP) is 6.91. The topological polar surface area (TPSA) is 58.3 Å². The third-order valence-corrected chi connectivity index (χ3v) is 7.77. The summed E-state index contributed by atoms with van der Waals surface area (Å²) in [6.07, 6.45) is 3.98. The molecule has 0 radical (unpaired) electrons. The molecule has 0 spiro atoms. The van der Waals surface area contributed by atoms with Crippen molar-refractivity contribution in [3.8, 4) is 17.1 Å². The number of fused-ring (bicyclic) bond motifs is 2. The Labute approximate surface area is 236 Å². The van der Waals surface area contributed by atoms with Crippen LogP contribution >= 0.6 is 0 Å². The molecule has 3 aromatic rings. The summed E-state index contributed by atoms with van der Waals surface area (Å²) in [5, 5.41) is 4.62. The van der Waals surface area contributed by atoms with Crippen molar-refractivity contribution in [3.63, 3.8) is 0 Å². The summed E-state index contributed by atoms with van der Waals surface area (Å²) in [4.78, 5) is 17.6. The normalized spacial score (nSPS) is 15.4. The summed E-state index contributed by atoms with van der Waals surface area (Å²) < 4.78 is 2.32. The Hall–Kier alpha value is -4.03. The van der Waals surface area contributed by atoms with Crippen molar-refractivity contribution >= 4 is 22.4 Å². The first-order valence-electron chi connectivity index (χ1n) is 14.4. The van der Waals surface area contributed by atoms with Gasteiger partial charge in [-0.1, -0.05) is 43.7 Å². The van der Waals surface area contributed by atoms with Crippen molar-refractivity contribution in [1.82, 2.24) is 19.4 Å². The average Bonchev–Trinajstić information content (AvgIpc) is 2.95. The molecule has 1 saturated heterocycles. The van der Waals surface area contributed by atoms with E-state index in [2.05, 4.69) is 101 Å². The highest BCUT2D eigenvalue weighted by Crippen LogP contribution is 2.31. The molecule has 40 heavy (non-hydrogen) atoms. The number of likely N-dealkylation sites (tertiary alicyclic amines) is 1. The maximum Gasteiger partial charge on any atom is 0.0900 e. The number of pyridine rings is 1. The van der Waals surface area contributed by atoms with Crippen LogP contribution in [-0.2, 0) is 0 Å². The van der Waals surface area contributed by atoms with Gasteiger partial charge in [-0.25, -0.2) is 4.98 Å². The van der Waals surface area contributed by atoms with E-state index >= 15 is 0 Å². The Morgan fingerprint density at radius 1 is 0.925 bits per heavy atom. The summed E-state index contributed by atoms with van der Waals surface area (Å²) in [5.74, 6) is 0.687. The number of benzene rings is 3. The van der Waals surface area contributed by atoms with E-state index in [9.17, 15) is 0 Å². The van der Waals surface area contributed by atoms with Crippen LogP contribution in [0.5, 0.6) is 0 Å². The van der Waals surface area contributed by atoms with Crippen LogP contribution in [0.1, 0.15) is 37.9 Å². The molecule has 1 aliphatic carbocycles. The zero-order valence-corrected chi connectivity index (χ0v) is 23.9. The maximum absolute atomic E-state index is 5.39. The lowest BCUT2D eigenvalue weighted by Gasteiger charge is -2.31. The van der Waals surface area contributed by atoms with Crippen molar-refractivity contribution in [3.05, 3.63) is 95.6 Å². The molecule has 6 heteroatoms. The number of nitrogens with zero attached hydrogens (tertiary/aromatic N) is 5. The Morgan fingerprint density at radius 2 is 1.70 bits per heavy atom. The van der Waals surface area contributed by atoms with Gasteiger partial charge in [-0.15, -0.1) is 0 Å². The molecule has 0 amide bonds. The second-order valence-corrected chi connectivity index (χ2v) is 11.4. The van der Waals surface area contributed by atoms with Crippen LogP contribution in [0.3, 0.4) is 0 Å². The Kier molecular flexibility index (Phi) is 7.35. The third kappa shape index (κ3) is 5.50. The first kappa shape index (κ1) is 26.2. The van der Waals surface area contributed by atoms with E-state index < -0.39 is 0 Å². The minimum absolute atomic E-state index is 0.289. The van der Waals surface area contributed by atoms with Crippen molar-refractivity contribution in [2.24, 2.45) is 10.9 Å². The van der Waals surface area contributed by atoms with Gasteiger partial charge in [-0.2, -0.15) is 0 Å². The molecule has 0 unspecified atom stereocenters. The maximum atomic E-state index is 5.39. The molecule has 3 heterocycles. The average molecular weight is 531 g/mol. The van der Waals surface area contributed by atoms with Crippen LogP contribution in [0.2, 0.25) is 0 Å². The van der Waals surface area contributed by atoms with Crippen LogP contribution in [0.25, 0.3) is 28.1 Å². The fourth-order valence-electron chi connectivity index (χ4n) is 5.73. The van der Waals surface area contributed by atoms with E-state index in [0.717, 1.165) is 83.0 Å². The zero-order valence-electron chi connectivity index (χ0n) is 23.9. The van der Waals surface area contributed by atoms with Gasteiger partial charge in [0.2, 0.25) is 0 Å². The van der Waals surface area contributed by atoms with Gasteiger partial charge in [0.15, 0.2) is 0 Å². The van der Waals surface area contributed by atoms with Crippen LogP contribution in [0, 0.1) is 19.8 Å². The molecule has 2 aliphatic heterocycles. The SMILES string of the molecule is Cc1ccc(-n2c3cc(=NC4CCN(CC(C)C)CC4)c(Nc4cccnc4C)cc-3nc3ccccc32)cc1. The summed E-state index contributed by atoms with van der Waals surface area (Å²) >= 11 is 0. The third-order valence-electron chi connectivity index (χ3n) is 7.77. The molecular weight excluding hydrogens is 492 g/mol. The van der Waals surface area contributed by atoms with Gasteiger partial charge in [0, 0.05) is 31.5 Å².